The van der Waals surface area contributed by atoms with Crippen molar-refractivity contribution in [1.29, 1.82) is 0 Å². The number of alkyl halides is 5. The van der Waals surface area contributed by atoms with Crippen LogP contribution < -0.4 is 0 Å². The predicted octanol–water partition coefficient (Wildman–Crippen LogP) is 5.67. The van der Waals surface area contributed by atoms with Crippen molar-refractivity contribution in [3.05, 3.63) is 33.3 Å². The van der Waals surface area contributed by atoms with Crippen LogP contribution in [0.4, 0.5) is 13.2 Å². The van der Waals surface area contributed by atoms with Crippen molar-refractivity contribution in [3.63, 3.8) is 0 Å². The van der Waals surface area contributed by atoms with Crippen LogP contribution in [0.1, 0.15) is 23.5 Å². The monoisotopic (exact) mass is 322 g/mol. The minimum absolute atomic E-state index is 0.146. The molecular formula is C10H5Cl4F3. The fraction of sp³-hybridized carbons (Fsp3) is 0.400. The van der Waals surface area contributed by atoms with E-state index in [1.54, 1.807) is 0 Å². The van der Waals surface area contributed by atoms with Gasteiger partial charge in [-0.05, 0) is 24.1 Å². The summed E-state index contributed by atoms with van der Waals surface area (Å²) in [5.74, 6) is -0.332. The first-order chi connectivity index (χ1) is 7.63. The molecular weight excluding hydrogens is 319 g/mol. The third kappa shape index (κ3) is 2.62. The van der Waals surface area contributed by atoms with Crippen molar-refractivity contribution < 1.29 is 13.2 Å². The Morgan fingerprint density at radius 3 is 2.12 bits per heavy atom. The molecule has 0 aromatic heterocycles. The molecule has 7 heteroatoms. The van der Waals surface area contributed by atoms with E-state index in [0.29, 0.717) is 12.0 Å². The van der Waals surface area contributed by atoms with Gasteiger partial charge in [0, 0.05) is 5.92 Å². The molecule has 1 unspecified atom stereocenters. The van der Waals surface area contributed by atoms with Gasteiger partial charge in [0.2, 0.25) is 0 Å². The van der Waals surface area contributed by atoms with Gasteiger partial charge in [0.25, 0.3) is 0 Å². The summed E-state index contributed by atoms with van der Waals surface area (Å²) in [6.07, 6.45) is -4.14. The Hall–Kier alpha value is 0.170. The molecule has 94 valence electrons. The van der Waals surface area contributed by atoms with Gasteiger partial charge in [-0.25, -0.2) is 0 Å². The zero-order valence-corrected chi connectivity index (χ0v) is 11.1. The van der Waals surface area contributed by atoms with E-state index in [1.807, 2.05) is 0 Å². The van der Waals surface area contributed by atoms with Crippen molar-refractivity contribution in [1.82, 2.24) is 0 Å². The molecule has 0 N–H and O–H groups in total. The van der Waals surface area contributed by atoms with Crippen molar-refractivity contribution in [2.75, 3.05) is 0 Å². The summed E-state index contributed by atoms with van der Waals surface area (Å²) in [5.41, 5.74) is -0.602. The summed E-state index contributed by atoms with van der Waals surface area (Å²) in [5, 5.41) is -0.647. The summed E-state index contributed by atoms with van der Waals surface area (Å²) in [4.78, 5) is 0. The van der Waals surface area contributed by atoms with Gasteiger partial charge in [-0.1, -0.05) is 23.2 Å². The molecule has 17 heavy (non-hydrogen) atoms. The van der Waals surface area contributed by atoms with Crippen LogP contribution in [-0.2, 0) is 6.18 Å². The third-order valence-electron chi connectivity index (χ3n) is 2.58. The summed E-state index contributed by atoms with van der Waals surface area (Å²) in [7, 11) is 0. The maximum atomic E-state index is 12.7. The van der Waals surface area contributed by atoms with E-state index in [9.17, 15) is 13.2 Å². The van der Waals surface area contributed by atoms with Crippen LogP contribution in [0.25, 0.3) is 0 Å². The highest BCUT2D eigenvalue weighted by atomic mass is 35.5. The van der Waals surface area contributed by atoms with E-state index >= 15 is 0 Å². The first kappa shape index (κ1) is 13.6. The van der Waals surface area contributed by atoms with Crippen LogP contribution >= 0.6 is 46.4 Å². The van der Waals surface area contributed by atoms with Gasteiger partial charge < -0.3 is 0 Å². The molecule has 0 aliphatic heterocycles. The highest BCUT2D eigenvalue weighted by Crippen LogP contribution is 2.60. The minimum Gasteiger partial charge on any atom is -0.166 e. The lowest BCUT2D eigenvalue weighted by molar-refractivity contribution is -0.137. The minimum atomic E-state index is -4.55. The standard InChI is InChI=1S/C10H5Cl4F3/c11-7-2-4(6-3-9(6,13)14)1-5(8(7)12)10(15,16)17/h1-2,6H,3H2. The average Bonchev–Trinajstić information content (AvgIpc) is 2.78. The van der Waals surface area contributed by atoms with Gasteiger partial charge >= 0.3 is 6.18 Å². The van der Waals surface area contributed by atoms with Crippen LogP contribution in [0, 0.1) is 0 Å². The van der Waals surface area contributed by atoms with E-state index in [0.717, 1.165) is 6.07 Å². The van der Waals surface area contributed by atoms with Gasteiger partial charge in [0.05, 0.1) is 15.6 Å². The highest BCUT2D eigenvalue weighted by Gasteiger charge is 2.53. The highest BCUT2D eigenvalue weighted by molar-refractivity contribution is 6.51. The second kappa shape index (κ2) is 4.09. The van der Waals surface area contributed by atoms with Crippen LogP contribution in [0.15, 0.2) is 12.1 Å². The third-order valence-corrected chi connectivity index (χ3v) is 4.22. The van der Waals surface area contributed by atoms with Gasteiger partial charge in [-0.15, -0.1) is 23.2 Å². The Kier molecular flexibility index (Phi) is 3.27. The number of hydrogen-bond donors (Lipinski definition) is 0. The van der Waals surface area contributed by atoms with Gasteiger partial charge in [0.1, 0.15) is 4.33 Å². The van der Waals surface area contributed by atoms with E-state index in [4.69, 9.17) is 46.4 Å². The molecule has 1 saturated carbocycles. The van der Waals surface area contributed by atoms with E-state index in [-0.39, 0.29) is 10.9 Å². The molecule has 0 radical (unpaired) electrons. The van der Waals surface area contributed by atoms with Crippen LogP contribution in [0.5, 0.6) is 0 Å². The smallest absolute Gasteiger partial charge is 0.166 e. The van der Waals surface area contributed by atoms with Crippen LogP contribution in [0.3, 0.4) is 0 Å². The summed E-state index contributed by atoms with van der Waals surface area (Å²) in [6.45, 7) is 0. The normalized spacial score (nSPS) is 22.6. The van der Waals surface area contributed by atoms with Gasteiger partial charge in [-0.3, -0.25) is 0 Å². The zero-order valence-electron chi connectivity index (χ0n) is 8.08. The molecule has 1 aliphatic rings. The molecule has 0 nitrogen and oxygen atoms in total. The Balaban J connectivity index is 2.48. The van der Waals surface area contributed by atoms with E-state index in [2.05, 4.69) is 0 Å². The molecule has 1 aromatic rings. The Bertz CT molecular complexity index is 467. The molecule has 0 spiro atoms. The van der Waals surface area contributed by atoms with E-state index in [1.165, 1.54) is 6.07 Å². The lowest BCUT2D eigenvalue weighted by atomic mass is 10.1. The number of rotatable bonds is 1. The molecule has 1 aromatic carbocycles. The van der Waals surface area contributed by atoms with Crippen molar-refractivity contribution >= 4 is 46.4 Å². The second-order valence-corrected chi connectivity index (χ2v) is 6.21. The Morgan fingerprint density at radius 1 is 1.18 bits per heavy atom. The molecule has 0 saturated heterocycles. The maximum absolute atomic E-state index is 12.7. The number of hydrogen-bond acceptors (Lipinski definition) is 0. The fourth-order valence-corrected chi connectivity index (χ4v) is 2.60. The van der Waals surface area contributed by atoms with Gasteiger partial charge in [0.15, 0.2) is 0 Å². The van der Waals surface area contributed by atoms with Gasteiger partial charge in [-0.2, -0.15) is 13.2 Å². The topological polar surface area (TPSA) is 0 Å². The predicted molar refractivity (Wildman–Crippen MR) is 63.3 cm³/mol. The zero-order chi connectivity index (χ0) is 13.0. The molecule has 1 aliphatic carbocycles. The van der Waals surface area contributed by atoms with Crippen LogP contribution in [-0.4, -0.2) is 4.33 Å². The lowest BCUT2D eigenvalue weighted by Crippen LogP contribution is -2.07. The fourth-order valence-electron chi connectivity index (χ4n) is 1.59. The molecule has 1 atom stereocenters. The molecule has 2 rings (SSSR count). The Labute approximate surface area is 116 Å². The number of halogens is 7. The van der Waals surface area contributed by atoms with Crippen molar-refractivity contribution in [3.8, 4) is 0 Å². The quantitative estimate of drug-likeness (QED) is 0.584. The average molecular weight is 324 g/mol. The molecule has 0 bridgehead atoms. The van der Waals surface area contributed by atoms with E-state index < -0.39 is 21.1 Å². The van der Waals surface area contributed by atoms with Crippen molar-refractivity contribution in [2.24, 2.45) is 0 Å². The molecule has 0 amide bonds. The SMILES string of the molecule is FC(F)(F)c1cc(C2CC2(Cl)Cl)cc(Cl)c1Cl. The van der Waals surface area contributed by atoms with Crippen LogP contribution in [0.2, 0.25) is 10.0 Å². The van der Waals surface area contributed by atoms with Crippen molar-refractivity contribution in [2.45, 2.75) is 22.8 Å². The lowest BCUT2D eigenvalue weighted by Gasteiger charge is -2.12. The Morgan fingerprint density at radius 2 is 1.71 bits per heavy atom. The largest absolute Gasteiger partial charge is 0.417 e. The first-order valence-corrected chi connectivity index (χ1v) is 6.08. The summed E-state index contributed by atoms with van der Waals surface area (Å²) < 4.78 is 37.0. The number of benzene rings is 1. The second-order valence-electron chi connectivity index (χ2n) is 3.88. The first-order valence-electron chi connectivity index (χ1n) is 4.57. The molecule has 1 fully saturated rings. The summed E-state index contributed by atoms with van der Waals surface area (Å²) >= 11 is 22.8. The maximum Gasteiger partial charge on any atom is 0.417 e. The summed E-state index contributed by atoms with van der Waals surface area (Å²) in [6, 6.07) is 2.32. The molecule has 0 heterocycles.